The highest BCUT2D eigenvalue weighted by atomic mass is 16.6. The zero-order valence-corrected chi connectivity index (χ0v) is 14.7. The summed E-state index contributed by atoms with van der Waals surface area (Å²) in [6.07, 6.45) is 4.04. The summed E-state index contributed by atoms with van der Waals surface area (Å²) in [6, 6.07) is 7.81. The van der Waals surface area contributed by atoms with Crippen LogP contribution in [0.15, 0.2) is 24.3 Å². The van der Waals surface area contributed by atoms with Crippen molar-refractivity contribution >= 4 is 6.09 Å². The second-order valence-electron chi connectivity index (χ2n) is 8.20. The van der Waals surface area contributed by atoms with E-state index in [1.165, 1.54) is 0 Å². The Balaban J connectivity index is 1.38. The Morgan fingerprint density at radius 2 is 1.83 bits per heavy atom. The van der Waals surface area contributed by atoms with E-state index in [0.717, 1.165) is 37.0 Å². The molecule has 0 heterocycles. The molecule has 2 saturated carbocycles. The average Bonchev–Trinajstić information content (AvgIpc) is 2.41. The third-order valence-electron chi connectivity index (χ3n) is 4.81. The van der Waals surface area contributed by atoms with Crippen molar-refractivity contribution in [2.45, 2.75) is 70.8 Å². The first-order valence-corrected chi connectivity index (χ1v) is 8.63. The second-order valence-corrected chi connectivity index (χ2v) is 8.20. The van der Waals surface area contributed by atoms with Gasteiger partial charge in [0.2, 0.25) is 0 Å². The van der Waals surface area contributed by atoms with Gasteiger partial charge in [0.25, 0.3) is 0 Å². The molecule has 2 aliphatic rings. The molecular weight excluding hydrogens is 306 g/mol. The highest BCUT2D eigenvalue weighted by molar-refractivity contribution is 5.68. The fourth-order valence-electron chi connectivity index (χ4n) is 3.75. The van der Waals surface area contributed by atoms with Crippen molar-refractivity contribution in [1.82, 2.24) is 5.32 Å². The summed E-state index contributed by atoms with van der Waals surface area (Å²) in [5, 5.41) is 12.0. The maximum atomic E-state index is 11.8. The number of carbonyl (C=O) groups excluding carboxylic acids is 1. The standard InChI is InChI=1S/C19H27NO4/c1-18(2,3)24-17(22)20-14-8-19(9-14)10-16(11-19)23-15-6-4-13(12-21)5-7-15/h4-7,14,16,21H,8-12H2,1-3H3,(H,20,22). The van der Waals surface area contributed by atoms with Crippen molar-refractivity contribution in [3.8, 4) is 5.75 Å². The van der Waals surface area contributed by atoms with E-state index >= 15 is 0 Å². The van der Waals surface area contributed by atoms with Crippen molar-refractivity contribution in [2.75, 3.05) is 0 Å². The van der Waals surface area contributed by atoms with Crippen LogP contribution in [0.25, 0.3) is 0 Å². The summed E-state index contributed by atoms with van der Waals surface area (Å²) in [7, 11) is 0. The topological polar surface area (TPSA) is 67.8 Å². The Kier molecular flexibility index (Phi) is 4.47. The SMILES string of the molecule is CC(C)(C)OC(=O)NC1CC2(C1)CC(Oc1ccc(CO)cc1)C2. The van der Waals surface area contributed by atoms with Crippen LogP contribution in [-0.4, -0.2) is 28.9 Å². The monoisotopic (exact) mass is 333 g/mol. The number of aliphatic hydroxyl groups excluding tert-OH is 1. The van der Waals surface area contributed by atoms with Crippen LogP contribution < -0.4 is 10.1 Å². The molecule has 5 nitrogen and oxygen atoms in total. The van der Waals surface area contributed by atoms with Crippen molar-refractivity contribution < 1.29 is 19.4 Å². The van der Waals surface area contributed by atoms with E-state index in [4.69, 9.17) is 14.6 Å². The van der Waals surface area contributed by atoms with E-state index in [0.29, 0.717) is 5.41 Å². The number of hydrogen-bond donors (Lipinski definition) is 2. The summed E-state index contributed by atoms with van der Waals surface area (Å²) in [5.74, 6) is 0.856. The zero-order chi connectivity index (χ0) is 17.4. The Bertz CT molecular complexity index is 576. The van der Waals surface area contributed by atoms with Gasteiger partial charge in [-0.05, 0) is 69.6 Å². The van der Waals surface area contributed by atoms with E-state index in [9.17, 15) is 4.79 Å². The lowest BCUT2D eigenvalue weighted by Crippen LogP contribution is -2.59. The minimum atomic E-state index is -0.452. The van der Waals surface area contributed by atoms with Crippen LogP contribution in [-0.2, 0) is 11.3 Å². The first kappa shape index (κ1) is 17.1. The Labute approximate surface area is 143 Å². The quantitative estimate of drug-likeness (QED) is 0.886. The number of rotatable bonds is 4. The minimum Gasteiger partial charge on any atom is -0.490 e. The molecule has 3 rings (SSSR count). The number of amides is 1. The number of aliphatic hydroxyl groups is 1. The fourth-order valence-corrected chi connectivity index (χ4v) is 3.75. The Morgan fingerprint density at radius 3 is 2.38 bits per heavy atom. The number of alkyl carbamates (subject to hydrolysis) is 1. The predicted molar refractivity (Wildman–Crippen MR) is 90.8 cm³/mol. The molecule has 0 unspecified atom stereocenters. The van der Waals surface area contributed by atoms with Crippen LogP contribution in [0, 0.1) is 5.41 Å². The van der Waals surface area contributed by atoms with E-state index in [-0.39, 0.29) is 24.8 Å². The predicted octanol–water partition coefficient (Wildman–Crippen LogP) is 3.39. The molecule has 0 atom stereocenters. The number of hydrogen-bond acceptors (Lipinski definition) is 4. The molecule has 1 spiro atoms. The molecule has 0 aliphatic heterocycles. The van der Waals surface area contributed by atoms with Gasteiger partial charge in [-0.15, -0.1) is 0 Å². The highest BCUT2D eigenvalue weighted by Gasteiger charge is 2.54. The van der Waals surface area contributed by atoms with Crippen LogP contribution >= 0.6 is 0 Å². The summed E-state index contributed by atoms with van der Waals surface area (Å²) in [5.41, 5.74) is 0.782. The van der Waals surface area contributed by atoms with Gasteiger partial charge in [0, 0.05) is 6.04 Å². The zero-order valence-electron chi connectivity index (χ0n) is 14.7. The van der Waals surface area contributed by atoms with Gasteiger partial charge in [-0.3, -0.25) is 0 Å². The third-order valence-corrected chi connectivity index (χ3v) is 4.81. The van der Waals surface area contributed by atoms with Gasteiger partial charge in [0.1, 0.15) is 11.4 Å². The van der Waals surface area contributed by atoms with Crippen LogP contribution in [0.3, 0.4) is 0 Å². The van der Waals surface area contributed by atoms with Gasteiger partial charge in [0.05, 0.1) is 12.7 Å². The Morgan fingerprint density at radius 1 is 1.21 bits per heavy atom. The summed E-state index contributed by atoms with van der Waals surface area (Å²) >= 11 is 0. The number of benzene rings is 1. The third kappa shape index (κ3) is 4.01. The van der Waals surface area contributed by atoms with Gasteiger partial charge < -0.3 is 19.9 Å². The van der Waals surface area contributed by atoms with Crippen LogP contribution in [0.2, 0.25) is 0 Å². The van der Waals surface area contributed by atoms with Crippen molar-refractivity contribution in [3.05, 3.63) is 29.8 Å². The van der Waals surface area contributed by atoms with Gasteiger partial charge in [-0.2, -0.15) is 0 Å². The van der Waals surface area contributed by atoms with Gasteiger partial charge in [-0.1, -0.05) is 12.1 Å². The smallest absolute Gasteiger partial charge is 0.407 e. The first-order chi connectivity index (χ1) is 11.3. The molecular formula is C19H27NO4. The molecule has 2 N–H and O–H groups in total. The first-order valence-electron chi connectivity index (χ1n) is 8.63. The molecule has 1 amide bonds. The number of carbonyl (C=O) groups is 1. The molecule has 1 aromatic carbocycles. The molecule has 2 fully saturated rings. The second kappa shape index (κ2) is 6.28. The van der Waals surface area contributed by atoms with E-state index in [1.54, 1.807) is 0 Å². The van der Waals surface area contributed by atoms with Crippen LogP contribution in [0.5, 0.6) is 5.75 Å². The van der Waals surface area contributed by atoms with E-state index in [1.807, 2.05) is 45.0 Å². The largest absolute Gasteiger partial charge is 0.490 e. The maximum Gasteiger partial charge on any atom is 0.407 e. The lowest BCUT2D eigenvalue weighted by atomic mass is 9.53. The lowest BCUT2D eigenvalue weighted by Gasteiger charge is -2.57. The number of nitrogens with one attached hydrogen (secondary N) is 1. The van der Waals surface area contributed by atoms with E-state index < -0.39 is 5.60 Å². The Hall–Kier alpha value is -1.75. The molecule has 2 aliphatic carbocycles. The average molecular weight is 333 g/mol. The lowest BCUT2D eigenvalue weighted by molar-refractivity contribution is -0.0853. The molecule has 132 valence electrons. The summed E-state index contributed by atoms with van der Waals surface area (Å²) < 4.78 is 11.3. The van der Waals surface area contributed by atoms with Gasteiger partial charge >= 0.3 is 6.09 Å². The normalized spacial score (nSPS) is 28.7. The highest BCUT2D eigenvalue weighted by Crippen LogP contribution is 2.56. The molecule has 24 heavy (non-hydrogen) atoms. The molecule has 0 bridgehead atoms. The summed E-state index contributed by atoms with van der Waals surface area (Å²) in [4.78, 5) is 11.8. The molecule has 1 aromatic rings. The van der Waals surface area contributed by atoms with Crippen molar-refractivity contribution in [3.63, 3.8) is 0 Å². The van der Waals surface area contributed by atoms with Gasteiger partial charge in [-0.25, -0.2) is 4.79 Å². The molecule has 5 heteroatoms. The fraction of sp³-hybridized carbons (Fsp3) is 0.632. The van der Waals surface area contributed by atoms with E-state index in [2.05, 4.69) is 5.32 Å². The maximum absolute atomic E-state index is 11.8. The summed E-state index contributed by atoms with van der Waals surface area (Å²) in [6.45, 7) is 5.67. The van der Waals surface area contributed by atoms with Crippen molar-refractivity contribution in [2.24, 2.45) is 5.41 Å². The van der Waals surface area contributed by atoms with Crippen LogP contribution in [0.1, 0.15) is 52.0 Å². The molecule has 0 aromatic heterocycles. The molecule has 0 saturated heterocycles. The van der Waals surface area contributed by atoms with Crippen LogP contribution in [0.4, 0.5) is 4.79 Å². The molecule has 0 radical (unpaired) electrons. The number of ether oxygens (including phenoxy) is 2. The van der Waals surface area contributed by atoms with Crippen molar-refractivity contribution in [1.29, 1.82) is 0 Å². The van der Waals surface area contributed by atoms with Gasteiger partial charge in [0.15, 0.2) is 0 Å². The minimum absolute atomic E-state index is 0.0544.